The molecule has 0 spiro atoms. The van der Waals surface area contributed by atoms with E-state index in [4.69, 9.17) is 5.73 Å². The summed E-state index contributed by atoms with van der Waals surface area (Å²) < 4.78 is 37.6. The third-order valence-electron chi connectivity index (χ3n) is 2.29. The van der Waals surface area contributed by atoms with E-state index in [2.05, 4.69) is 10.1 Å². The van der Waals surface area contributed by atoms with Crippen molar-refractivity contribution in [1.29, 1.82) is 0 Å². The molecule has 2 rings (SSSR count). The fourth-order valence-corrected chi connectivity index (χ4v) is 1.54. The van der Waals surface area contributed by atoms with Crippen LogP contribution >= 0.6 is 0 Å². The summed E-state index contributed by atoms with van der Waals surface area (Å²) in [6, 6.07) is 6.09. The van der Waals surface area contributed by atoms with Crippen LogP contribution in [0.2, 0.25) is 0 Å². The Balaban J connectivity index is 2.44. The Morgan fingerprint density at radius 1 is 1.32 bits per heavy atom. The van der Waals surface area contributed by atoms with Crippen molar-refractivity contribution < 1.29 is 18.0 Å². The minimum absolute atomic E-state index is 0.165. The summed E-state index contributed by atoms with van der Waals surface area (Å²) in [4.78, 5) is 15.1. The van der Waals surface area contributed by atoms with Crippen molar-refractivity contribution in [3.05, 3.63) is 36.2 Å². The molecule has 0 fully saturated rings. The van der Waals surface area contributed by atoms with E-state index in [1.54, 1.807) is 18.2 Å². The zero-order valence-electron chi connectivity index (χ0n) is 9.55. The van der Waals surface area contributed by atoms with Gasteiger partial charge < -0.3 is 5.73 Å². The SMILES string of the molecule is NC(=O)c1cc(-c2ccccn2)nn1CC(F)(F)F. The molecule has 0 aliphatic rings. The highest BCUT2D eigenvalue weighted by Crippen LogP contribution is 2.21. The van der Waals surface area contributed by atoms with Gasteiger partial charge >= 0.3 is 6.18 Å². The number of rotatable bonds is 3. The number of hydrogen-bond acceptors (Lipinski definition) is 3. The molecule has 2 heterocycles. The van der Waals surface area contributed by atoms with Crippen LogP contribution in [-0.2, 0) is 6.54 Å². The number of aromatic nitrogens is 3. The number of carbonyl (C=O) groups excluding carboxylic acids is 1. The highest BCUT2D eigenvalue weighted by Gasteiger charge is 2.30. The molecule has 2 N–H and O–H groups in total. The van der Waals surface area contributed by atoms with Crippen molar-refractivity contribution in [3.8, 4) is 11.4 Å². The Kier molecular flexibility index (Phi) is 3.24. The molecule has 0 unspecified atom stereocenters. The highest BCUT2D eigenvalue weighted by molar-refractivity contribution is 5.92. The number of alkyl halides is 3. The maximum absolute atomic E-state index is 12.4. The van der Waals surface area contributed by atoms with Crippen LogP contribution in [0.4, 0.5) is 13.2 Å². The molecule has 0 atom stereocenters. The Bertz CT molecular complexity index is 592. The molecule has 0 aromatic carbocycles. The van der Waals surface area contributed by atoms with Crippen molar-refractivity contribution in [2.45, 2.75) is 12.7 Å². The van der Waals surface area contributed by atoms with Crippen molar-refractivity contribution in [1.82, 2.24) is 14.8 Å². The van der Waals surface area contributed by atoms with Gasteiger partial charge in [0.25, 0.3) is 5.91 Å². The first kappa shape index (κ1) is 13.1. The summed E-state index contributed by atoms with van der Waals surface area (Å²) in [5, 5.41) is 3.72. The van der Waals surface area contributed by atoms with Crippen LogP contribution in [0.1, 0.15) is 10.5 Å². The fourth-order valence-electron chi connectivity index (χ4n) is 1.54. The van der Waals surface area contributed by atoms with Crippen LogP contribution in [0, 0.1) is 0 Å². The summed E-state index contributed by atoms with van der Waals surface area (Å²) >= 11 is 0. The summed E-state index contributed by atoms with van der Waals surface area (Å²) in [7, 11) is 0. The second-order valence-electron chi connectivity index (χ2n) is 3.77. The lowest BCUT2D eigenvalue weighted by atomic mass is 10.2. The van der Waals surface area contributed by atoms with Crippen molar-refractivity contribution in [2.24, 2.45) is 5.73 Å². The van der Waals surface area contributed by atoms with E-state index in [1.165, 1.54) is 12.3 Å². The van der Waals surface area contributed by atoms with Gasteiger partial charge in [0.15, 0.2) is 0 Å². The van der Waals surface area contributed by atoms with Crippen LogP contribution in [0.5, 0.6) is 0 Å². The number of nitrogens with zero attached hydrogens (tertiary/aromatic N) is 3. The Labute approximate surface area is 105 Å². The molecule has 0 aliphatic heterocycles. The number of carbonyl (C=O) groups is 1. The van der Waals surface area contributed by atoms with Gasteiger partial charge in [0.05, 0.1) is 5.69 Å². The smallest absolute Gasteiger partial charge is 0.364 e. The van der Waals surface area contributed by atoms with Gasteiger partial charge in [0.2, 0.25) is 0 Å². The monoisotopic (exact) mass is 270 g/mol. The second-order valence-corrected chi connectivity index (χ2v) is 3.77. The molecule has 0 saturated carbocycles. The third kappa shape index (κ3) is 3.09. The number of amides is 1. The first-order valence-corrected chi connectivity index (χ1v) is 5.22. The average Bonchev–Trinajstić information content (AvgIpc) is 2.72. The van der Waals surface area contributed by atoms with Crippen molar-refractivity contribution >= 4 is 5.91 Å². The molecular weight excluding hydrogens is 261 g/mol. The standard InChI is InChI=1S/C11H9F3N4O/c12-11(13,14)6-18-9(10(15)19)5-8(17-18)7-3-1-2-4-16-7/h1-5H,6H2,(H2,15,19). The topological polar surface area (TPSA) is 73.8 Å². The molecule has 0 saturated heterocycles. The maximum atomic E-state index is 12.4. The summed E-state index contributed by atoms with van der Waals surface area (Å²) in [5.74, 6) is -0.973. The van der Waals surface area contributed by atoms with Gasteiger partial charge in [0, 0.05) is 6.20 Å². The molecule has 2 aromatic heterocycles. The van der Waals surface area contributed by atoms with Crippen LogP contribution in [-0.4, -0.2) is 26.8 Å². The van der Waals surface area contributed by atoms with Crippen LogP contribution < -0.4 is 5.73 Å². The van der Waals surface area contributed by atoms with Gasteiger partial charge in [0.1, 0.15) is 17.9 Å². The lowest BCUT2D eigenvalue weighted by Gasteiger charge is -2.07. The van der Waals surface area contributed by atoms with Gasteiger partial charge in [-0.15, -0.1) is 0 Å². The molecule has 0 bridgehead atoms. The van der Waals surface area contributed by atoms with E-state index >= 15 is 0 Å². The summed E-state index contributed by atoms with van der Waals surface area (Å²) in [5.41, 5.74) is 5.26. The Morgan fingerprint density at radius 2 is 2.05 bits per heavy atom. The average molecular weight is 270 g/mol. The second kappa shape index (κ2) is 4.71. The van der Waals surface area contributed by atoms with Gasteiger partial charge in [-0.25, -0.2) is 0 Å². The predicted octanol–water partition coefficient (Wildman–Crippen LogP) is 1.61. The van der Waals surface area contributed by atoms with E-state index < -0.39 is 18.6 Å². The molecular formula is C11H9F3N4O. The molecule has 1 amide bonds. The fraction of sp³-hybridized carbons (Fsp3) is 0.182. The maximum Gasteiger partial charge on any atom is 0.408 e. The quantitative estimate of drug-likeness (QED) is 0.920. The molecule has 19 heavy (non-hydrogen) atoms. The minimum atomic E-state index is -4.49. The molecule has 0 radical (unpaired) electrons. The molecule has 5 nitrogen and oxygen atoms in total. The first-order chi connectivity index (χ1) is 8.87. The molecule has 100 valence electrons. The van der Waals surface area contributed by atoms with E-state index in [0.717, 1.165) is 0 Å². The van der Waals surface area contributed by atoms with Gasteiger partial charge in [-0.2, -0.15) is 18.3 Å². The minimum Gasteiger partial charge on any atom is -0.364 e. The number of nitrogens with two attached hydrogens (primary N) is 1. The van der Waals surface area contributed by atoms with Crippen molar-refractivity contribution in [3.63, 3.8) is 0 Å². The molecule has 2 aromatic rings. The van der Waals surface area contributed by atoms with Crippen LogP contribution in [0.15, 0.2) is 30.5 Å². The van der Waals surface area contributed by atoms with Gasteiger partial charge in [-0.1, -0.05) is 6.07 Å². The Hall–Kier alpha value is -2.38. The first-order valence-electron chi connectivity index (χ1n) is 5.22. The third-order valence-corrected chi connectivity index (χ3v) is 2.29. The summed E-state index contributed by atoms with van der Waals surface area (Å²) in [6.07, 6.45) is -3.01. The highest BCUT2D eigenvalue weighted by atomic mass is 19.4. The van der Waals surface area contributed by atoms with E-state index in [9.17, 15) is 18.0 Å². The van der Waals surface area contributed by atoms with Gasteiger partial charge in [-0.05, 0) is 18.2 Å². The normalized spacial score (nSPS) is 11.5. The number of halogens is 3. The zero-order valence-corrected chi connectivity index (χ0v) is 9.55. The van der Waals surface area contributed by atoms with E-state index in [1.807, 2.05) is 0 Å². The lowest BCUT2D eigenvalue weighted by Crippen LogP contribution is -2.24. The van der Waals surface area contributed by atoms with Crippen LogP contribution in [0.25, 0.3) is 11.4 Å². The Morgan fingerprint density at radius 3 is 2.58 bits per heavy atom. The lowest BCUT2D eigenvalue weighted by molar-refractivity contribution is -0.142. The number of primary amides is 1. The molecule has 0 aliphatic carbocycles. The largest absolute Gasteiger partial charge is 0.408 e. The van der Waals surface area contributed by atoms with E-state index in [-0.39, 0.29) is 11.4 Å². The van der Waals surface area contributed by atoms with Crippen LogP contribution in [0.3, 0.4) is 0 Å². The molecule has 8 heteroatoms. The zero-order chi connectivity index (χ0) is 14.0. The summed E-state index contributed by atoms with van der Waals surface area (Å²) in [6.45, 7) is -1.38. The number of pyridine rings is 1. The van der Waals surface area contributed by atoms with E-state index in [0.29, 0.717) is 10.4 Å². The van der Waals surface area contributed by atoms with Crippen molar-refractivity contribution in [2.75, 3.05) is 0 Å². The predicted molar refractivity (Wildman–Crippen MR) is 60.0 cm³/mol. The van der Waals surface area contributed by atoms with Gasteiger partial charge in [-0.3, -0.25) is 14.5 Å². The number of hydrogen-bond donors (Lipinski definition) is 1.